The summed E-state index contributed by atoms with van der Waals surface area (Å²) in [6, 6.07) is 5.88. The van der Waals surface area contributed by atoms with E-state index >= 15 is 0 Å². The van der Waals surface area contributed by atoms with Crippen molar-refractivity contribution in [2.45, 2.75) is 18.8 Å². The van der Waals surface area contributed by atoms with Crippen LogP contribution in [0.1, 0.15) is 12.6 Å². The molecule has 0 aromatic carbocycles. The number of pyridine rings is 1. The summed E-state index contributed by atoms with van der Waals surface area (Å²) >= 11 is 3.48. The van der Waals surface area contributed by atoms with E-state index in [1.165, 1.54) is 0 Å². The number of alkyl halides is 1. The Bertz CT molecular complexity index is 704. The fourth-order valence-electron chi connectivity index (χ4n) is 1.91. The third-order valence-electron chi connectivity index (χ3n) is 2.87. The number of rotatable bonds is 4. The van der Waals surface area contributed by atoms with Gasteiger partial charge in [0.25, 0.3) is 0 Å². The molecule has 0 aliphatic carbocycles. The zero-order chi connectivity index (χ0) is 13.2. The van der Waals surface area contributed by atoms with E-state index in [2.05, 4.69) is 26.0 Å². The Morgan fingerprint density at radius 3 is 3.00 bits per heavy atom. The van der Waals surface area contributed by atoms with Gasteiger partial charge in [-0.25, -0.2) is 0 Å². The van der Waals surface area contributed by atoms with Crippen LogP contribution in [0.25, 0.3) is 5.65 Å². The van der Waals surface area contributed by atoms with Gasteiger partial charge in [-0.3, -0.25) is 9.08 Å². The van der Waals surface area contributed by atoms with Gasteiger partial charge in [-0.15, -0.1) is 0 Å². The Kier molecular flexibility index (Phi) is 3.25. The standard InChI is InChI=1S/C13H13BrN4O/c1-2-17-9-10(8-15-17)19-13-11(7-14)18-6-4-3-5-12(18)16-13/h3-6,8-9H,2,7H2,1H3. The van der Waals surface area contributed by atoms with Crippen molar-refractivity contribution < 1.29 is 4.74 Å². The zero-order valence-electron chi connectivity index (χ0n) is 10.5. The summed E-state index contributed by atoms with van der Waals surface area (Å²) < 4.78 is 9.65. The van der Waals surface area contributed by atoms with Crippen LogP contribution in [0.15, 0.2) is 36.8 Å². The second-order valence-electron chi connectivity index (χ2n) is 4.06. The van der Waals surface area contributed by atoms with Crippen LogP contribution in [-0.4, -0.2) is 19.2 Å². The number of hydrogen-bond donors (Lipinski definition) is 0. The molecule has 0 radical (unpaired) electrons. The number of nitrogens with zero attached hydrogens (tertiary/aromatic N) is 4. The summed E-state index contributed by atoms with van der Waals surface area (Å²) in [6.07, 6.45) is 5.54. The molecule has 0 aliphatic rings. The summed E-state index contributed by atoms with van der Waals surface area (Å²) in [6.45, 7) is 2.85. The maximum Gasteiger partial charge on any atom is 0.242 e. The summed E-state index contributed by atoms with van der Waals surface area (Å²) in [5, 5.41) is 4.86. The van der Waals surface area contributed by atoms with Crippen LogP contribution >= 0.6 is 15.9 Å². The van der Waals surface area contributed by atoms with Crippen molar-refractivity contribution in [3.63, 3.8) is 0 Å². The summed E-state index contributed by atoms with van der Waals surface area (Å²) in [5.74, 6) is 1.31. The second kappa shape index (κ2) is 5.05. The van der Waals surface area contributed by atoms with Crippen LogP contribution in [0.5, 0.6) is 11.6 Å². The van der Waals surface area contributed by atoms with E-state index in [1.807, 2.05) is 46.6 Å². The second-order valence-corrected chi connectivity index (χ2v) is 4.62. The molecule has 0 saturated heterocycles. The molecule has 19 heavy (non-hydrogen) atoms. The first kappa shape index (κ1) is 12.2. The molecule has 0 saturated carbocycles. The molecule has 3 heterocycles. The fourth-order valence-corrected chi connectivity index (χ4v) is 2.42. The van der Waals surface area contributed by atoms with Gasteiger partial charge in [0.2, 0.25) is 5.88 Å². The maximum absolute atomic E-state index is 5.82. The Hall–Kier alpha value is -1.82. The number of aromatic nitrogens is 4. The van der Waals surface area contributed by atoms with E-state index in [0.717, 1.165) is 17.9 Å². The summed E-state index contributed by atoms with van der Waals surface area (Å²) in [7, 11) is 0. The van der Waals surface area contributed by atoms with Crippen molar-refractivity contribution in [3.05, 3.63) is 42.5 Å². The molecule has 0 unspecified atom stereocenters. The van der Waals surface area contributed by atoms with Gasteiger partial charge >= 0.3 is 0 Å². The number of imidazole rings is 1. The lowest BCUT2D eigenvalue weighted by atomic mass is 10.4. The molecule has 3 aromatic heterocycles. The first-order valence-electron chi connectivity index (χ1n) is 6.04. The highest BCUT2D eigenvalue weighted by molar-refractivity contribution is 9.08. The van der Waals surface area contributed by atoms with Gasteiger partial charge in [0.05, 0.1) is 18.1 Å². The quantitative estimate of drug-likeness (QED) is 0.693. The molecule has 0 spiro atoms. The van der Waals surface area contributed by atoms with Crippen LogP contribution in [0.3, 0.4) is 0 Å². The number of fused-ring (bicyclic) bond motifs is 1. The van der Waals surface area contributed by atoms with E-state index in [1.54, 1.807) is 6.20 Å². The van der Waals surface area contributed by atoms with Gasteiger partial charge in [-0.2, -0.15) is 10.1 Å². The topological polar surface area (TPSA) is 44.4 Å². The Labute approximate surface area is 119 Å². The minimum Gasteiger partial charge on any atom is -0.434 e. The molecule has 0 aliphatic heterocycles. The van der Waals surface area contributed by atoms with Crippen molar-refractivity contribution in [1.29, 1.82) is 0 Å². The molecular weight excluding hydrogens is 308 g/mol. The Balaban J connectivity index is 1.99. The highest BCUT2D eigenvalue weighted by Gasteiger charge is 2.13. The summed E-state index contributed by atoms with van der Waals surface area (Å²) in [4.78, 5) is 4.49. The van der Waals surface area contributed by atoms with Crippen molar-refractivity contribution >= 4 is 21.6 Å². The molecule has 98 valence electrons. The van der Waals surface area contributed by atoms with Crippen LogP contribution in [0.2, 0.25) is 0 Å². The predicted octanol–water partition coefficient (Wildman–Crippen LogP) is 3.24. The Morgan fingerprint density at radius 1 is 1.37 bits per heavy atom. The van der Waals surface area contributed by atoms with Crippen molar-refractivity contribution in [1.82, 2.24) is 19.2 Å². The van der Waals surface area contributed by atoms with Gasteiger partial charge in [0, 0.05) is 18.1 Å². The average Bonchev–Trinajstić information content (AvgIpc) is 3.02. The van der Waals surface area contributed by atoms with Crippen LogP contribution in [-0.2, 0) is 11.9 Å². The number of ether oxygens (including phenoxy) is 1. The first-order valence-corrected chi connectivity index (χ1v) is 7.16. The lowest BCUT2D eigenvalue weighted by Crippen LogP contribution is -1.93. The third kappa shape index (κ3) is 2.23. The maximum atomic E-state index is 5.82. The third-order valence-corrected chi connectivity index (χ3v) is 3.40. The number of hydrogen-bond acceptors (Lipinski definition) is 3. The van der Waals surface area contributed by atoms with Crippen LogP contribution in [0, 0.1) is 0 Å². The molecule has 0 bridgehead atoms. The molecule has 0 atom stereocenters. The Morgan fingerprint density at radius 2 is 2.26 bits per heavy atom. The SMILES string of the molecule is CCn1cc(Oc2nc3ccccn3c2CBr)cn1. The number of halogens is 1. The van der Waals surface area contributed by atoms with Crippen LogP contribution < -0.4 is 4.74 Å². The smallest absolute Gasteiger partial charge is 0.242 e. The van der Waals surface area contributed by atoms with Crippen molar-refractivity contribution in [2.24, 2.45) is 0 Å². The summed E-state index contributed by atoms with van der Waals surface area (Å²) in [5.41, 5.74) is 1.86. The van der Waals surface area contributed by atoms with Gasteiger partial charge in [-0.1, -0.05) is 22.0 Å². The van der Waals surface area contributed by atoms with Gasteiger partial charge < -0.3 is 4.74 Å². The molecule has 0 amide bonds. The molecular formula is C13H13BrN4O. The lowest BCUT2D eigenvalue weighted by molar-refractivity contribution is 0.460. The highest BCUT2D eigenvalue weighted by atomic mass is 79.9. The van der Waals surface area contributed by atoms with E-state index in [0.29, 0.717) is 17.0 Å². The van der Waals surface area contributed by atoms with Crippen molar-refractivity contribution in [2.75, 3.05) is 0 Å². The predicted molar refractivity (Wildman–Crippen MR) is 75.8 cm³/mol. The van der Waals surface area contributed by atoms with Gasteiger partial charge in [0.15, 0.2) is 5.75 Å². The van der Waals surface area contributed by atoms with E-state index in [9.17, 15) is 0 Å². The largest absolute Gasteiger partial charge is 0.434 e. The molecule has 3 rings (SSSR count). The van der Waals surface area contributed by atoms with E-state index < -0.39 is 0 Å². The molecule has 6 heteroatoms. The van der Waals surface area contributed by atoms with Crippen molar-refractivity contribution in [3.8, 4) is 11.6 Å². The fraction of sp³-hybridized carbons (Fsp3) is 0.231. The van der Waals surface area contributed by atoms with E-state index in [-0.39, 0.29) is 0 Å². The first-order chi connectivity index (χ1) is 9.31. The zero-order valence-corrected chi connectivity index (χ0v) is 12.0. The van der Waals surface area contributed by atoms with Gasteiger partial charge in [-0.05, 0) is 19.1 Å². The molecule has 0 fully saturated rings. The number of aryl methyl sites for hydroxylation is 1. The molecule has 3 aromatic rings. The van der Waals surface area contributed by atoms with E-state index in [4.69, 9.17) is 4.74 Å². The van der Waals surface area contributed by atoms with Gasteiger partial charge in [0.1, 0.15) is 5.65 Å². The average molecular weight is 321 g/mol. The normalized spacial score (nSPS) is 11.1. The monoisotopic (exact) mass is 320 g/mol. The highest BCUT2D eigenvalue weighted by Crippen LogP contribution is 2.27. The molecule has 5 nitrogen and oxygen atoms in total. The lowest BCUT2D eigenvalue weighted by Gasteiger charge is -2.01. The minimum atomic E-state index is 0.610. The van der Waals surface area contributed by atoms with Crippen LogP contribution in [0.4, 0.5) is 0 Å². The minimum absolute atomic E-state index is 0.610. The molecule has 0 N–H and O–H groups in total.